The lowest BCUT2D eigenvalue weighted by atomic mass is 9.83. The summed E-state index contributed by atoms with van der Waals surface area (Å²) in [5.74, 6) is 0.228. The van der Waals surface area contributed by atoms with Crippen LogP contribution in [0.5, 0.6) is 0 Å². The number of nitrogens with one attached hydrogen (secondary N) is 1. The molecule has 0 unspecified atom stereocenters. The Hall–Kier alpha value is -1.26. The van der Waals surface area contributed by atoms with Crippen molar-refractivity contribution in [3.05, 3.63) is 0 Å². The minimum Gasteiger partial charge on any atom is -0.443 e. The molecule has 0 bridgehead atoms. The molecule has 0 spiro atoms. The fourth-order valence-electron chi connectivity index (χ4n) is 2.87. The van der Waals surface area contributed by atoms with Gasteiger partial charge in [-0.05, 0) is 12.3 Å². The molecule has 0 aromatic heterocycles. The van der Waals surface area contributed by atoms with E-state index >= 15 is 0 Å². The van der Waals surface area contributed by atoms with E-state index in [-0.39, 0.29) is 18.6 Å². The highest BCUT2D eigenvalue weighted by molar-refractivity contribution is 5.76. The van der Waals surface area contributed by atoms with E-state index in [1.165, 1.54) is 32.1 Å². The highest BCUT2D eigenvalue weighted by atomic mass is 16.6. The van der Waals surface area contributed by atoms with Gasteiger partial charge in [-0.1, -0.05) is 32.1 Å². The van der Waals surface area contributed by atoms with Gasteiger partial charge in [0.2, 0.25) is 5.91 Å². The van der Waals surface area contributed by atoms with Gasteiger partial charge in [-0.25, -0.2) is 4.79 Å². The van der Waals surface area contributed by atoms with Gasteiger partial charge in [0.15, 0.2) is 0 Å². The van der Waals surface area contributed by atoms with Crippen LogP contribution in [0.1, 0.15) is 44.9 Å². The number of carbonyl (C=O) groups is 2. The summed E-state index contributed by atoms with van der Waals surface area (Å²) in [6.45, 7) is 0. The minimum absolute atomic E-state index is 0.0434. The molecule has 1 aliphatic heterocycles. The minimum atomic E-state index is -0.419. The molecule has 0 aromatic rings. The van der Waals surface area contributed by atoms with Crippen LogP contribution in [0.25, 0.3) is 0 Å². The molecule has 5 heteroatoms. The van der Waals surface area contributed by atoms with Crippen LogP contribution >= 0.6 is 0 Å². The molecule has 2 atom stereocenters. The quantitative estimate of drug-likeness (QED) is 0.777. The Morgan fingerprint density at radius 2 is 2.06 bits per heavy atom. The zero-order valence-electron chi connectivity index (χ0n) is 9.98. The molecule has 96 valence electrons. The van der Waals surface area contributed by atoms with E-state index in [2.05, 4.69) is 5.32 Å². The summed E-state index contributed by atoms with van der Waals surface area (Å²) in [7, 11) is 0. The first-order valence-electron chi connectivity index (χ1n) is 6.40. The molecule has 2 amide bonds. The second-order valence-electron chi connectivity index (χ2n) is 5.10. The van der Waals surface area contributed by atoms with Gasteiger partial charge in [-0.2, -0.15) is 0 Å². The van der Waals surface area contributed by atoms with Crippen molar-refractivity contribution in [3.63, 3.8) is 0 Å². The van der Waals surface area contributed by atoms with E-state index in [1.807, 2.05) is 0 Å². The molecule has 1 heterocycles. The van der Waals surface area contributed by atoms with Crippen molar-refractivity contribution < 1.29 is 14.3 Å². The van der Waals surface area contributed by atoms with Crippen LogP contribution < -0.4 is 11.1 Å². The molecule has 1 saturated heterocycles. The number of alkyl carbamates (subject to hydrolysis) is 1. The van der Waals surface area contributed by atoms with Gasteiger partial charge in [0.05, 0.1) is 12.5 Å². The number of cyclic esters (lactones) is 1. The normalized spacial score (nSPS) is 29.8. The third-order valence-corrected chi connectivity index (χ3v) is 3.72. The molecule has 0 aromatic carbocycles. The Labute approximate surface area is 101 Å². The molecule has 3 N–H and O–H groups in total. The number of rotatable bonds is 4. The van der Waals surface area contributed by atoms with Crippen LogP contribution in [-0.4, -0.2) is 24.1 Å². The predicted molar refractivity (Wildman–Crippen MR) is 62.2 cm³/mol. The Kier molecular flexibility index (Phi) is 3.86. The van der Waals surface area contributed by atoms with Crippen LogP contribution in [0.3, 0.4) is 0 Å². The fourth-order valence-corrected chi connectivity index (χ4v) is 2.87. The van der Waals surface area contributed by atoms with E-state index in [1.54, 1.807) is 0 Å². The predicted octanol–water partition coefficient (Wildman–Crippen LogP) is 1.31. The van der Waals surface area contributed by atoms with Gasteiger partial charge in [0.25, 0.3) is 0 Å². The van der Waals surface area contributed by atoms with E-state index in [9.17, 15) is 9.59 Å². The van der Waals surface area contributed by atoms with Crippen molar-refractivity contribution in [1.82, 2.24) is 5.32 Å². The van der Waals surface area contributed by atoms with Crippen molar-refractivity contribution in [2.75, 3.05) is 0 Å². The number of primary amides is 1. The second kappa shape index (κ2) is 5.38. The molecule has 2 rings (SSSR count). The van der Waals surface area contributed by atoms with Crippen LogP contribution in [0.15, 0.2) is 0 Å². The average molecular weight is 240 g/mol. The van der Waals surface area contributed by atoms with E-state index in [4.69, 9.17) is 10.5 Å². The van der Waals surface area contributed by atoms with Crippen LogP contribution in [0, 0.1) is 5.92 Å². The number of hydrogen-bond donors (Lipinski definition) is 2. The number of ether oxygens (including phenoxy) is 1. The first-order valence-corrected chi connectivity index (χ1v) is 6.40. The largest absolute Gasteiger partial charge is 0.443 e. The monoisotopic (exact) mass is 240 g/mol. The maximum absolute atomic E-state index is 11.2. The summed E-state index contributed by atoms with van der Waals surface area (Å²) in [5, 5.41) is 2.79. The summed E-state index contributed by atoms with van der Waals surface area (Å²) in [6.07, 6.45) is 6.53. The summed E-state index contributed by atoms with van der Waals surface area (Å²) >= 11 is 0. The summed E-state index contributed by atoms with van der Waals surface area (Å²) < 4.78 is 5.08. The van der Waals surface area contributed by atoms with Gasteiger partial charge >= 0.3 is 6.09 Å². The molecular formula is C12H20N2O3. The van der Waals surface area contributed by atoms with Crippen molar-refractivity contribution in [1.29, 1.82) is 0 Å². The first kappa shape index (κ1) is 12.2. The van der Waals surface area contributed by atoms with Gasteiger partial charge < -0.3 is 15.8 Å². The molecule has 17 heavy (non-hydrogen) atoms. The summed E-state index contributed by atoms with van der Waals surface area (Å²) in [5.41, 5.74) is 5.16. The average Bonchev–Trinajstić information content (AvgIpc) is 2.59. The maximum Gasteiger partial charge on any atom is 0.407 e. The summed E-state index contributed by atoms with van der Waals surface area (Å²) in [6, 6.07) is -0.0434. The molecule has 1 aliphatic carbocycles. The zero-order chi connectivity index (χ0) is 12.3. The standard InChI is InChI=1S/C12H20N2O3/c13-11(15)7-10-9(14-12(16)17-10)6-8-4-2-1-3-5-8/h8-10H,1-7H2,(H2,13,15)(H,14,16)/t9-,10+/m0/s1. The fraction of sp³-hybridized carbons (Fsp3) is 0.833. The Morgan fingerprint density at radius 3 is 2.71 bits per heavy atom. The topological polar surface area (TPSA) is 81.4 Å². The second-order valence-corrected chi connectivity index (χ2v) is 5.10. The SMILES string of the molecule is NC(=O)C[C@H]1OC(=O)N[C@H]1CC1CCCCC1. The molecule has 2 aliphatic rings. The lowest BCUT2D eigenvalue weighted by molar-refractivity contribution is -0.119. The van der Waals surface area contributed by atoms with Crippen LogP contribution in [0.4, 0.5) is 4.79 Å². The van der Waals surface area contributed by atoms with Crippen molar-refractivity contribution >= 4 is 12.0 Å². The Morgan fingerprint density at radius 1 is 1.35 bits per heavy atom. The van der Waals surface area contributed by atoms with Crippen LogP contribution in [0.2, 0.25) is 0 Å². The third kappa shape index (κ3) is 3.35. The maximum atomic E-state index is 11.2. The lowest BCUT2D eigenvalue weighted by Crippen LogP contribution is -2.36. The van der Waals surface area contributed by atoms with Gasteiger partial charge in [-0.15, -0.1) is 0 Å². The van der Waals surface area contributed by atoms with Gasteiger partial charge in [0, 0.05) is 0 Å². The number of carbonyl (C=O) groups excluding carboxylic acids is 2. The van der Waals surface area contributed by atoms with E-state index in [0.29, 0.717) is 5.92 Å². The molecule has 0 radical (unpaired) electrons. The first-order chi connectivity index (χ1) is 8.15. The van der Waals surface area contributed by atoms with Gasteiger partial charge in [-0.3, -0.25) is 4.79 Å². The van der Waals surface area contributed by atoms with E-state index < -0.39 is 12.0 Å². The van der Waals surface area contributed by atoms with Crippen molar-refractivity contribution in [2.24, 2.45) is 11.7 Å². The lowest BCUT2D eigenvalue weighted by Gasteiger charge is -2.25. The number of hydrogen-bond acceptors (Lipinski definition) is 3. The Bertz CT molecular complexity index is 300. The van der Waals surface area contributed by atoms with Crippen molar-refractivity contribution in [2.45, 2.75) is 57.1 Å². The highest BCUT2D eigenvalue weighted by Crippen LogP contribution is 2.30. The number of amides is 2. The third-order valence-electron chi connectivity index (χ3n) is 3.72. The Balaban J connectivity index is 1.88. The summed E-state index contributed by atoms with van der Waals surface area (Å²) in [4.78, 5) is 22.1. The van der Waals surface area contributed by atoms with Gasteiger partial charge in [0.1, 0.15) is 6.10 Å². The zero-order valence-corrected chi connectivity index (χ0v) is 9.98. The van der Waals surface area contributed by atoms with E-state index in [0.717, 1.165) is 6.42 Å². The smallest absolute Gasteiger partial charge is 0.407 e. The van der Waals surface area contributed by atoms with Crippen LogP contribution in [-0.2, 0) is 9.53 Å². The molecule has 1 saturated carbocycles. The molecular weight excluding hydrogens is 220 g/mol. The molecule has 5 nitrogen and oxygen atoms in total. The van der Waals surface area contributed by atoms with Crippen molar-refractivity contribution in [3.8, 4) is 0 Å². The highest BCUT2D eigenvalue weighted by Gasteiger charge is 2.36. The number of nitrogens with two attached hydrogens (primary N) is 1. The molecule has 2 fully saturated rings.